The van der Waals surface area contributed by atoms with E-state index in [9.17, 15) is 22.8 Å². The van der Waals surface area contributed by atoms with Crippen LogP contribution < -0.4 is 0 Å². The highest BCUT2D eigenvalue weighted by molar-refractivity contribution is 7.89. The fourth-order valence-electron chi connectivity index (χ4n) is 4.73. The lowest BCUT2D eigenvalue weighted by Crippen LogP contribution is -2.50. The second-order valence-electron chi connectivity index (χ2n) is 9.06. The van der Waals surface area contributed by atoms with E-state index in [0.29, 0.717) is 10.5 Å². The number of benzene rings is 2. The first-order chi connectivity index (χ1) is 16.5. The van der Waals surface area contributed by atoms with Gasteiger partial charge in [0.15, 0.2) is 0 Å². The zero-order valence-electron chi connectivity index (χ0n) is 20.4. The van der Waals surface area contributed by atoms with Crippen LogP contribution in [0.5, 0.6) is 0 Å². The van der Waals surface area contributed by atoms with Gasteiger partial charge in [0.05, 0.1) is 16.0 Å². The molecule has 1 fully saturated rings. The number of carbonyl (C=O) groups excluding carboxylic acids is 3. The van der Waals surface area contributed by atoms with Gasteiger partial charge in [0.1, 0.15) is 0 Å². The maximum Gasteiger partial charge on any atom is 0.261 e. The highest BCUT2D eigenvalue weighted by Gasteiger charge is 2.37. The molecule has 4 rings (SSSR count). The zero-order chi connectivity index (χ0) is 25.7. The highest BCUT2D eigenvalue weighted by atomic mass is 32.2. The fraction of sp³-hybridized carbons (Fsp3) is 0.346. The van der Waals surface area contributed by atoms with E-state index in [1.807, 2.05) is 33.8 Å². The predicted octanol–water partition coefficient (Wildman–Crippen LogP) is 2.85. The fourth-order valence-corrected chi connectivity index (χ4v) is 6.73. The van der Waals surface area contributed by atoms with Crippen LogP contribution in [0, 0.1) is 27.7 Å². The Balaban J connectivity index is 1.52. The molecular formula is C26H29N3O5S. The molecule has 0 radical (unpaired) electrons. The number of piperazine rings is 1. The van der Waals surface area contributed by atoms with Crippen molar-refractivity contribution in [3.8, 4) is 0 Å². The number of hydrogen-bond acceptors (Lipinski definition) is 5. The number of nitrogens with zero attached hydrogens (tertiary/aromatic N) is 3. The van der Waals surface area contributed by atoms with Crippen LogP contribution in [0.4, 0.5) is 0 Å². The van der Waals surface area contributed by atoms with Crippen molar-refractivity contribution in [2.75, 3.05) is 32.7 Å². The number of aryl methyl sites for hydroxylation is 2. The number of imide groups is 1. The molecular weight excluding hydrogens is 466 g/mol. The van der Waals surface area contributed by atoms with Gasteiger partial charge in [-0.3, -0.25) is 19.3 Å². The van der Waals surface area contributed by atoms with Gasteiger partial charge in [-0.25, -0.2) is 8.42 Å². The van der Waals surface area contributed by atoms with Crippen LogP contribution in [-0.4, -0.2) is 73.0 Å². The third-order valence-electron chi connectivity index (χ3n) is 6.95. The van der Waals surface area contributed by atoms with Crippen LogP contribution in [0.15, 0.2) is 41.8 Å². The van der Waals surface area contributed by atoms with Crippen molar-refractivity contribution in [1.82, 2.24) is 14.1 Å². The minimum Gasteiger partial charge on any atom is -0.336 e. The minimum absolute atomic E-state index is 0.103. The predicted molar refractivity (Wildman–Crippen MR) is 132 cm³/mol. The van der Waals surface area contributed by atoms with Crippen molar-refractivity contribution < 1.29 is 22.8 Å². The molecule has 0 spiro atoms. The quantitative estimate of drug-likeness (QED) is 0.470. The van der Waals surface area contributed by atoms with Crippen LogP contribution in [-0.2, 0) is 10.0 Å². The lowest BCUT2D eigenvalue weighted by atomic mass is 10.0. The van der Waals surface area contributed by atoms with Gasteiger partial charge >= 0.3 is 0 Å². The Bertz CT molecular complexity index is 1350. The monoisotopic (exact) mass is 495 g/mol. The molecule has 3 amide bonds. The molecule has 8 nitrogen and oxygen atoms in total. The van der Waals surface area contributed by atoms with Gasteiger partial charge in [-0.1, -0.05) is 12.1 Å². The summed E-state index contributed by atoms with van der Waals surface area (Å²) < 4.78 is 28.4. The second kappa shape index (κ2) is 9.05. The van der Waals surface area contributed by atoms with Crippen LogP contribution >= 0.6 is 0 Å². The van der Waals surface area contributed by atoms with Crippen LogP contribution in [0.25, 0.3) is 0 Å². The van der Waals surface area contributed by atoms with Crippen LogP contribution in [0.3, 0.4) is 0 Å². The summed E-state index contributed by atoms with van der Waals surface area (Å²) in [5, 5.41) is 0. The third kappa shape index (κ3) is 4.08. The first-order valence-corrected chi connectivity index (χ1v) is 12.9. The zero-order valence-corrected chi connectivity index (χ0v) is 21.2. The third-order valence-corrected chi connectivity index (χ3v) is 9.12. The molecule has 1 saturated heterocycles. The molecule has 0 aliphatic carbocycles. The average Bonchev–Trinajstić information content (AvgIpc) is 3.07. The second-order valence-corrected chi connectivity index (χ2v) is 10.9. The molecule has 0 atom stereocenters. The standard InChI is InChI=1S/C26H29N3O5S/c1-6-9-29-25(31)21-8-7-20(15-22(21)26(29)32)24(30)27-10-12-28(13-11-27)35(33,34)23-18(4)16(2)14-17(3)19(23)5/h6-8,14-15H,1,9-13H2,2-5H3. The van der Waals surface area contributed by atoms with E-state index < -0.39 is 21.8 Å². The summed E-state index contributed by atoms with van der Waals surface area (Å²) >= 11 is 0. The molecule has 2 aromatic carbocycles. The number of sulfonamides is 1. The van der Waals surface area contributed by atoms with Gasteiger partial charge in [0.25, 0.3) is 17.7 Å². The topological polar surface area (TPSA) is 95.1 Å². The summed E-state index contributed by atoms with van der Waals surface area (Å²) in [7, 11) is -3.72. The molecule has 2 heterocycles. The van der Waals surface area contributed by atoms with Crippen molar-refractivity contribution in [1.29, 1.82) is 0 Å². The van der Waals surface area contributed by atoms with Gasteiger partial charge in [-0.2, -0.15) is 4.31 Å². The lowest BCUT2D eigenvalue weighted by molar-refractivity contribution is 0.0670. The summed E-state index contributed by atoms with van der Waals surface area (Å²) in [6.07, 6.45) is 1.47. The Kier molecular flexibility index (Phi) is 6.42. The molecule has 0 unspecified atom stereocenters. The summed E-state index contributed by atoms with van der Waals surface area (Å²) in [5.74, 6) is -1.15. The first kappa shape index (κ1) is 24.8. The van der Waals surface area contributed by atoms with Gasteiger partial charge < -0.3 is 4.90 Å². The van der Waals surface area contributed by atoms with Crippen molar-refractivity contribution in [2.24, 2.45) is 0 Å². The van der Waals surface area contributed by atoms with Crippen molar-refractivity contribution in [3.05, 3.63) is 75.9 Å². The van der Waals surface area contributed by atoms with Crippen LogP contribution in [0.1, 0.15) is 53.3 Å². The Labute approximate surface area is 205 Å². The molecule has 0 saturated carbocycles. The van der Waals surface area contributed by atoms with E-state index in [1.54, 1.807) is 4.90 Å². The van der Waals surface area contributed by atoms with Gasteiger partial charge in [-0.15, -0.1) is 6.58 Å². The van der Waals surface area contributed by atoms with E-state index in [2.05, 4.69) is 6.58 Å². The number of rotatable bonds is 5. The van der Waals surface area contributed by atoms with Gasteiger partial charge in [0.2, 0.25) is 10.0 Å². The smallest absolute Gasteiger partial charge is 0.261 e. The maximum absolute atomic E-state index is 13.5. The SMILES string of the molecule is C=CCN1C(=O)c2ccc(C(=O)N3CCN(S(=O)(=O)c4c(C)c(C)cc(C)c4C)CC3)cc2C1=O. The van der Waals surface area contributed by atoms with Crippen molar-refractivity contribution in [3.63, 3.8) is 0 Å². The summed E-state index contributed by atoms with van der Waals surface area (Å²) in [6, 6.07) is 6.48. The lowest BCUT2D eigenvalue weighted by Gasteiger charge is -2.35. The van der Waals surface area contributed by atoms with E-state index in [1.165, 1.54) is 28.6 Å². The van der Waals surface area contributed by atoms with Crippen molar-refractivity contribution >= 4 is 27.7 Å². The highest BCUT2D eigenvalue weighted by Crippen LogP contribution is 2.30. The van der Waals surface area contributed by atoms with Gasteiger partial charge in [0, 0.05) is 38.3 Å². The van der Waals surface area contributed by atoms with Gasteiger partial charge in [-0.05, 0) is 68.1 Å². The molecule has 2 aromatic rings. The molecule has 2 aliphatic rings. The van der Waals surface area contributed by atoms with E-state index in [4.69, 9.17) is 0 Å². The van der Waals surface area contributed by atoms with E-state index >= 15 is 0 Å². The largest absolute Gasteiger partial charge is 0.336 e. The number of carbonyl (C=O) groups is 3. The molecule has 0 aromatic heterocycles. The average molecular weight is 496 g/mol. The maximum atomic E-state index is 13.5. The molecule has 184 valence electrons. The van der Waals surface area contributed by atoms with E-state index in [0.717, 1.165) is 27.2 Å². The summed E-state index contributed by atoms with van der Waals surface area (Å²) in [6.45, 7) is 11.9. The number of fused-ring (bicyclic) bond motifs is 1. The first-order valence-electron chi connectivity index (χ1n) is 11.5. The number of hydrogen-bond donors (Lipinski definition) is 0. The molecule has 2 aliphatic heterocycles. The molecule has 0 bridgehead atoms. The minimum atomic E-state index is -3.72. The normalized spacial score (nSPS) is 16.6. The van der Waals surface area contributed by atoms with E-state index in [-0.39, 0.29) is 49.8 Å². The summed E-state index contributed by atoms with van der Waals surface area (Å²) in [4.78, 5) is 41.2. The Morgan fingerprint density at radius 3 is 2.06 bits per heavy atom. The molecule has 0 N–H and O–H groups in total. The Morgan fingerprint density at radius 1 is 0.914 bits per heavy atom. The Hall–Kier alpha value is -3.30. The van der Waals surface area contributed by atoms with Crippen LogP contribution in [0.2, 0.25) is 0 Å². The number of amides is 3. The molecule has 35 heavy (non-hydrogen) atoms. The van der Waals surface area contributed by atoms with Crippen molar-refractivity contribution in [2.45, 2.75) is 32.6 Å². The molecule has 9 heteroatoms. The summed E-state index contributed by atoms with van der Waals surface area (Å²) in [5.41, 5.74) is 4.10. The Morgan fingerprint density at radius 2 is 1.49 bits per heavy atom.